The molecule has 0 aromatic heterocycles. The van der Waals surface area contributed by atoms with Crippen molar-refractivity contribution in [2.45, 2.75) is 20.3 Å². The zero-order chi connectivity index (χ0) is 15.4. The molecule has 0 unspecified atom stereocenters. The van der Waals surface area contributed by atoms with E-state index >= 15 is 0 Å². The molecule has 0 atom stereocenters. The predicted octanol–water partition coefficient (Wildman–Crippen LogP) is 4.07. The van der Waals surface area contributed by atoms with E-state index in [4.69, 9.17) is 0 Å². The van der Waals surface area contributed by atoms with E-state index in [-0.39, 0.29) is 5.91 Å². The molecule has 21 heavy (non-hydrogen) atoms. The third-order valence-electron chi connectivity index (χ3n) is 3.57. The van der Waals surface area contributed by atoms with Crippen molar-refractivity contribution in [3.05, 3.63) is 77.4 Å². The Balaban J connectivity index is 2.06. The molecule has 1 amide bonds. The van der Waals surface area contributed by atoms with Crippen molar-refractivity contribution in [1.29, 1.82) is 0 Å². The van der Waals surface area contributed by atoms with Crippen molar-refractivity contribution >= 4 is 11.6 Å². The summed E-state index contributed by atoms with van der Waals surface area (Å²) in [6.07, 6.45) is 0.579. The van der Waals surface area contributed by atoms with Gasteiger partial charge in [-0.15, -0.1) is 0 Å². The molecule has 0 aliphatic rings. The SMILES string of the molecule is C=C(Cc1ccc(C)cc1)C(=O)N(C)c1ccc(C)cc1. The lowest BCUT2D eigenvalue weighted by atomic mass is 10.0. The van der Waals surface area contributed by atoms with Crippen molar-refractivity contribution in [3.8, 4) is 0 Å². The van der Waals surface area contributed by atoms with Gasteiger partial charge in [0.2, 0.25) is 0 Å². The van der Waals surface area contributed by atoms with Gasteiger partial charge in [0.05, 0.1) is 0 Å². The third kappa shape index (κ3) is 3.82. The summed E-state index contributed by atoms with van der Waals surface area (Å²) in [6.45, 7) is 8.03. The number of rotatable bonds is 4. The number of amides is 1. The van der Waals surface area contributed by atoms with Crippen LogP contribution >= 0.6 is 0 Å². The van der Waals surface area contributed by atoms with Crippen LogP contribution in [0.15, 0.2) is 60.7 Å². The minimum absolute atomic E-state index is 0.0422. The predicted molar refractivity (Wildman–Crippen MR) is 88.6 cm³/mol. The summed E-state index contributed by atoms with van der Waals surface area (Å²) >= 11 is 0. The molecule has 2 heteroatoms. The summed E-state index contributed by atoms with van der Waals surface area (Å²) < 4.78 is 0. The minimum atomic E-state index is -0.0422. The number of anilines is 1. The van der Waals surface area contributed by atoms with Crippen molar-refractivity contribution in [3.63, 3.8) is 0 Å². The molecule has 0 N–H and O–H groups in total. The Kier molecular flexibility index (Phi) is 4.59. The second kappa shape index (κ2) is 6.40. The first-order valence-electron chi connectivity index (χ1n) is 7.05. The average Bonchev–Trinajstić information content (AvgIpc) is 2.49. The summed E-state index contributed by atoms with van der Waals surface area (Å²) in [6, 6.07) is 16.1. The molecule has 0 fully saturated rings. The summed E-state index contributed by atoms with van der Waals surface area (Å²) in [4.78, 5) is 14.1. The van der Waals surface area contributed by atoms with E-state index in [0.29, 0.717) is 12.0 Å². The quantitative estimate of drug-likeness (QED) is 0.773. The van der Waals surface area contributed by atoms with E-state index in [2.05, 4.69) is 25.6 Å². The number of aryl methyl sites for hydroxylation is 2. The molecule has 0 aliphatic carbocycles. The molecule has 0 aliphatic heterocycles. The van der Waals surface area contributed by atoms with Gasteiger partial charge in [0.25, 0.3) is 5.91 Å². The van der Waals surface area contributed by atoms with E-state index in [0.717, 1.165) is 11.3 Å². The van der Waals surface area contributed by atoms with Crippen LogP contribution in [0.2, 0.25) is 0 Å². The van der Waals surface area contributed by atoms with Gasteiger partial charge in [-0.1, -0.05) is 54.1 Å². The minimum Gasteiger partial charge on any atom is -0.312 e. The van der Waals surface area contributed by atoms with Gasteiger partial charge in [-0.25, -0.2) is 0 Å². The molecule has 2 nitrogen and oxygen atoms in total. The Hall–Kier alpha value is -2.35. The maximum Gasteiger partial charge on any atom is 0.253 e. The fourth-order valence-corrected chi connectivity index (χ4v) is 2.15. The molecule has 0 saturated carbocycles. The Labute approximate surface area is 126 Å². The second-order valence-corrected chi connectivity index (χ2v) is 5.47. The molecule has 0 bridgehead atoms. The maximum atomic E-state index is 12.4. The monoisotopic (exact) mass is 279 g/mol. The topological polar surface area (TPSA) is 20.3 Å². The molecule has 108 valence electrons. The molecular weight excluding hydrogens is 258 g/mol. The summed E-state index contributed by atoms with van der Waals surface area (Å²) in [5.74, 6) is -0.0422. The van der Waals surface area contributed by atoms with Gasteiger partial charge >= 0.3 is 0 Å². The lowest BCUT2D eigenvalue weighted by Crippen LogP contribution is -2.28. The van der Waals surface area contributed by atoms with Crippen LogP contribution in [0.3, 0.4) is 0 Å². The van der Waals surface area contributed by atoms with Gasteiger partial charge in [-0.05, 0) is 31.5 Å². The van der Waals surface area contributed by atoms with Gasteiger partial charge in [0.15, 0.2) is 0 Å². The average molecular weight is 279 g/mol. The second-order valence-electron chi connectivity index (χ2n) is 5.47. The van der Waals surface area contributed by atoms with E-state index in [1.807, 2.05) is 43.3 Å². The number of hydrogen-bond acceptors (Lipinski definition) is 1. The lowest BCUT2D eigenvalue weighted by Gasteiger charge is -2.19. The van der Waals surface area contributed by atoms with E-state index < -0.39 is 0 Å². The first-order valence-corrected chi connectivity index (χ1v) is 7.05. The van der Waals surface area contributed by atoms with Crippen LogP contribution in [-0.4, -0.2) is 13.0 Å². The molecular formula is C19H21NO. The van der Waals surface area contributed by atoms with Gasteiger partial charge < -0.3 is 4.90 Å². The molecule has 2 aromatic rings. The number of benzene rings is 2. The van der Waals surface area contributed by atoms with Gasteiger partial charge in [-0.2, -0.15) is 0 Å². The van der Waals surface area contributed by atoms with Crippen LogP contribution in [-0.2, 0) is 11.2 Å². The highest BCUT2D eigenvalue weighted by atomic mass is 16.2. The zero-order valence-corrected chi connectivity index (χ0v) is 12.9. The summed E-state index contributed by atoms with van der Waals surface area (Å²) in [5, 5.41) is 0. The normalized spacial score (nSPS) is 10.2. The Morgan fingerprint density at radius 2 is 1.43 bits per heavy atom. The molecule has 0 saturated heterocycles. The fourth-order valence-electron chi connectivity index (χ4n) is 2.15. The smallest absolute Gasteiger partial charge is 0.253 e. The molecule has 0 radical (unpaired) electrons. The van der Waals surface area contributed by atoms with E-state index in [9.17, 15) is 4.79 Å². The highest BCUT2D eigenvalue weighted by Crippen LogP contribution is 2.17. The fraction of sp³-hybridized carbons (Fsp3) is 0.211. The van der Waals surface area contributed by atoms with Crippen molar-refractivity contribution in [1.82, 2.24) is 0 Å². The first kappa shape index (κ1) is 15.0. The van der Waals surface area contributed by atoms with Crippen molar-refractivity contribution in [2.24, 2.45) is 0 Å². The van der Waals surface area contributed by atoms with Crippen LogP contribution < -0.4 is 4.90 Å². The Bertz CT molecular complexity index is 638. The van der Waals surface area contributed by atoms with Crippen LogP contribution in [0.25, 0.3) is 0 Å². The molecule has 0 heterocycles. The van der Waals surface area contributed by atoms with Gasteiger partial charge in [-0.3, -0.25) is 4.79 Å². The van der Waals surface area contributed by atoms with E-state index in [1.54, 1.807) is 11.9 Å². The number of carbonyl (C=O) groups is 1. The maximum absolute atomic E-state index is 12.4. The lowest BCUT2D eigenvalue weighted by molar-refractivity contribution is -0.114. The highest BCUT2D eigenvalue weighted by molar-refractivity contribution is 6.05. The molecule has 2 rings (SSSR count). The van der Waals surface area contributed by atoms with Crippen molar-refractivity contribution in [2.75, 3.05) is 11.9 Å². The largest absolute Gasteiger partial charge is 0.312 e. The standard InChI is InChI=1S/C19H21NO/c1-14-5-9-17(10-6-14)13-16(3)19(21)20(4)18-11-7-15(2)8-12-18/h5-12H,3,13H2,1-2,4H3. The third-order valence-corrected chi connectivity index (χ3v) is 3.57. The van der Waals surface area contributed by atoms with Crippen molar-refractivity contribution < 1.29 is 4.79 Å². The van der Waals surface area contributed by atoms with Gasteiger partial charge in [0, 0.05) is 24.7 Å². The number of carbonyl (C=O) groups excluding carboxylic acids is 1. The molecule has 2 aromatic carbocycles. The first-order chi connectivity index (χ1) is 9.97. The summed E-state index contributed by atoms with van der Waals surface area (Å²) in [5.41, 5.74) is 4.99. The number of hydrogen-bond donors (Lipinski definition) is 0. The zero-order valence-electron chi connectivity index (χ0n) is 12.9. The molecule has 0 spiro atoms. The van der Waals surface area contributed by atoms with Gasteiger partial charge in [0.1, 0.15) is 0 Å². The van der Waals surface area contributed by atoms with Crippen LogP contribution in [0.4, 0.5) is 5.69 Å². The van der Waals surface area contributed by atoms with Crippen LogP contribution in [0.1, 0.15) is 16.7 Å². The van der Waals surface area contributed by atoms with Crippen LogP contribution in [0, 0.1) is 13.8 Å². The Morgan fingerprint density at radius 3 is 1.95 bits per heavy atom. The van der Waals surface area contributed by atoms with E-state index in [1.165, 1.54) is 11.1 Å². The summed E-state index contributed by atoms with van der Waals surface area (Å²) in [7, 11) is 1.79. The number of nitrogens with zero attached hydrogens (tertiary/aromatic N) is 1. The Morgan fingerprint density at radius 1 is 0.952 bits per heavy atom. The number of likely N-dealkylation sites (N-methyl/N-ethyl adjacent to an activating group) is 1. The van der Waals surface area contributed by atoms with Crippen LogP contribution in [0.5, 0.6) is 0 Å². The highest BCUT2D eigenvalue weighted by Gasteiger charge is 2.14.